The molecule has 7 heteroatoms. The van der Waals surface area contributed by atoms with Crippen LogP contribution >= 0.6 is 7.82 Å². The van der Waals surface area contributed by atoms with Crippen molar-refractivity contribution in [3.8, 4) is 0 Å². The van der Waals surface area contributed by atoms with Gasteiger partial charge in [0.2, 0.25) is 0 Å². The Morgan fingerprint density at radius 1 is 1.14 bits per heavy atom. The van der Waals surface area contributed by atoms with E-state index in [9.17, 15) is 0 Å². The Hall–Kier alpha value is 1.59. The largest absolute Gasteiger partial charge is 5.00 e. The molecular formula is NbO4PTa+7. The van der Waals surface area contributed by atoms with E-state index in [1.165, 1.54) is 0 Å². The van der Waals surface area contributed by atoms with Crippen LogP contribution in [0.5, 0.6) is 0 Å². The van der Waals surface area contributed by atoms with Crippen LogP contribution in [0, 0.1) is 0 Å². The van der Waals surface area contributed by atoms with Crippen molar-refractivity contribution in [2.75, 3.05) is 0 Å². The molecule has 0 unspecified atom stereocenters. The molecule has 0 N–H and O–H groups in total. The van der Waals surface area contributed by atoms with Gasteiger partial charge in [0.15, 0.2) is 0 Å². The SMILES string of the molecule is O=P([O-])([O-])[O-].[Nb+5].[Ta+5]. The molecule has 0 bridgehead atoms. The topological polar surface area (TPSA) is 86.2 Å². The first-order valence-electron chi connectivity index (χ1n) is 0.730. The molecule has 0 saturated carbocycles. The van der Waals surface area contributed by atoms with E-state index in [-0.39, 0.29) is 44.8 Å². The summed E-state index contributed by atoms with van der Waals surface area (Å²) in [7, 11) is -5.39. The molecule has 0 fully saturated rings. The third kappa shape index (κ3) is 93.8. The molecule has 7 heavy (non-hydrogen) atoms. The molecule has 0 aromatic rings. The van der Waals surface area contributed by atoms with E-state index in [0.717, 1.165) is 0 Å². The van der Waals surface area contributed by atoms with E-state index in [1.54, 1.807) is 0 Å². The number of hydrogen-bond acceptors (Lipinski definition) is 4. The Bertz CT molecular complexity index is 57.8. The molecule has 0 aliphatic rings. The van der Waals surface area contributed by atoms with E-state index in [4.69, 9.17) is 19.2 Å². The van der Waals surface area contributed by atoms with Gasteiger partial charge in [0.05, 0.1) is 0 Å². The Labute approximate surface area is 71.6 Å². The Morgan fingerprint density at radius 3 is 1.14 bits per heavy atom. The summed E-state index contributed by atoms with van der Waals surface area (Å²) in [6.07, 6.45) is 0. The van der Waals surface area contributed by atoms with Gasteiger partial charge in [0.1, 0.15) is 0 Å². The minimum atomic E-state index is -5.39. The van der Waals surface area contributed by atoms with Crippen LogP contribution in [-0.4, -0.2) is 0 Å². The van der Waals surface area contributed by atoms with Gasteiger partial charge in [-0.05, 0) is 0 Å². The van der Waals surface area contributed by atoms with E-state index >= 15 is 0 Å². The molecular weight excluding hydrogens is 369 g/mol. The number of phosphoric acid groups is 1. The van der Waals surface area contributed by atoms with Crippen molar-refractivity contribution in [3.05, 3.63) is 0 Å². The third-order valence-electron chi connectivity index (χ3n) is 0. The first kappa shape index (κ1) is 15.8. The molecule has 0 saturated heterocycles. The zero-order chi connectivity index (χ0) is 4.50. The molecule has 0 radical (unpaired) electrons. The van der Waals surface area contributed by atoms with Gasteiger partial charge in [-0.2, -0.15) is 7.82 Å². The maximum atomic E-state index is 8.55. The number of hydrogen-bond donors (Lipinski definition) is 0. The van der Waals surface area contributed by atoms with E-state index in [1.807, 2.05) is 0 Å². The molecule has 0 aromatic heterocycles. The van der Waals surface area contributed by atoms with Crippen LogP contribution in [-0.2, 0) is 49.3 Å². The van der Waals surface area contributed by atoms with Crippen LogP contribution < -0.4 is 14.7 Å². The van der Waals surface area contributed by atoms with Gasteiger partial charge in [-0.1, -0.05) is 0 Å². The molecule has 0 aliphatic carbocycles. The second-order valence-electron chi connectivity index (χ2n) is 0.447. The zero-order valence-corrected chi connectivity index (χ0v) is 9.28. The minimum Gasteiger partial charge on any atom is -0.822 e. The van der Waals surface area contributed by atoms with Crippen LogP contribution in [0.3, 0.4) is 0 Å². The van der Waals surface area contributed by atoms with Crippen molar-refractivity contribution >= 4 is 7.82 Å². The van der Waals surface area contributed by atoms with Crippen molar-refractivity contribution < 1.29 is 64.0 Å². The summed E-state index contributed by atoms with van der Waals surface area (Å²) in [6.45, 7) is 0. The van der Waals surface area contributed by atoms with Crippen LogP contribution in [0.15, 0.2) is 0 Å². The molecule has 0 heterocycles. The smallest absolute Gasteiger partial charge is 0.822 e. The molecule has 0 atom stereocenters. The molecule has 0 aromatic carbocycles. The first-order chi connectivity index (χ1) is 2.00. The van der Waals surface area contributed by atoms with Crippen molar-refractivity contribution in [1.82, 2.24) is 0 Å². The first-order valence-corrected chi connectivity index (χ1v) is 2.19. The van der Waals surface area contributed by atoms with E-state index in [0.29, 0.717) is 0 Å². The summed E-state index contributed by atoms with van der Waals surface area (Å²) in [5.41, 5.74) is 0. The van der Waals surface area contributed by atoms with Gasteiger partial charge in [0, 0.05) is 0 Å². The molecule has 32 valence electrons. The molecule has 0 amide bonds. The zero-order valence-electron chi connectivity index (χ0n) is 2.97. The average molecular weight is 369 g/mol. The molecule has 0 spiro atoms. The molecule has 0 aliphatic heterocycles. The fraction of sp³-hybridized carbons (Fsp3) is 0. The minimum absolute atomic E-state index is 0. The summed E-state index contributed by atoms with van der Waals surface area (Å²) >= 11 is 0. The van der Waals surface area contributed by atoms with Crippen molar-refractivity contribution in [2.45, 2.75) is 0 Å². The second kappa shape index (κ2) is 5.72. The third-order valence-corrected chi connectivity index (χ3v) is 0. The van der Waals surface area contributed by atoms with Crippen LogP contribution in [0.2, 0.25) is 0 Å². The van der Waals surface area contributed by atoms with Gasteiger partial charge >= 0.3 is 44.8 Å². The second-order valence-corrected chi connectivity index (χ2v) is 1.34. The average Bonchev–Trinajstić information content (AvgIpc) is 0.722. The van der Waals surface area contributed by atoms with Crippen LogP contribution in [0.4, 0.5) is 0 Å². The van der Waals surface area contributed by atoms with Crippen LogP contribution in [0.25, 0.3) is 0 Å². The normalized spacial score (nSPS) is 8.43. The Kier molecular flexibility index (Phi) is 12.9. The standard InChI is InChI=1S/Nb.H3O4P.Ta/c;1-5(2,3)4;/h;(H3,1,2,3,4);/q+5;;+5/p-3. The summed E-state index contributed by atoms with van der Waals surface area (Å²) in [4.78, 5) is 25.6. The van der Waals surface area contributed by atoms with E-state index < -0.39 is 7.82 Å². The molecule has 0 rings (SSSR count). The van der Waals surface area contributed by atoms with Crippen molar-refractivity contribution in [3.63, 3.8) is 0 Å². The molecule has 4 nitrogen and oxygen atoms in total. The van der Waals surface area contributed by atoms with Gasteiger partial charge in [-0.25, -0.2) is 0 Å². The van der Waals surface area contributed by atoms with Crippen molar-refractivity contribution in [1.29, 1.82) is 0 Å². The number of rotatable bonds is 0. The fourth-order valence-corrected chi connectivity index (χ4v) is 0. The van der Waals surface area contributed by atoms with Gasteiger partial charge in [0.25, 0.3) is 0 Å². The summed E-state index contributed by atoms with van der Waals surface area (Å²) in [6, 6.07) is 0. The maximum absolute atomic E-state index is 8.55. The summed E-state index contributed by atoms with van der Waals surface area (Å²) < 4.78 is 8.55. The van der Waals surface area contributed by atoms with Gasteiger partial charge in [-0.3, -0.25) is 0 Å². The predicted octanol–water partition coefficient (Wildman–Crippen LogP) is -2.83. The fourth-order valence-electron chi connectivity index (χ4n) is 0. The summed E-state index contributed by atoms with van der Waals surface area (Å²) in [5, 5.41) is 0. The van der Waals surface area contributed by atoms with Crippen LogP contribution in [0.1, 0.15) is 0 Å². The van der Waals surface area contributed by atoms with E-state index in [2.05, 4.69) is 0 Å². The maximum Gasteiger partial charge on any atom is 5.00 e. The van der Waals surface area contributed by atoms with Gasteiger partial charge in [-0.15, -0.1) is 0 Å². The predicted molar refractivity (Wildman–Crippen MR) is 7.61 cm³/mol. The Balaban J connectivity index is -0.0000000800. The van der Waals surface area contributed by atoms with Crippen molar-refractivity contribution in [2.24, 2.45) is 0 Å². The quantitative estimate of drug-likeness (QED) is 0.341. The monoisotopic (exact) mass is 369 g/mol. The summed E-state index contributed by atoms with van der Waals surface area (Å²) in [5.74, 6) is 0. The Morgan fingerprint density at radius 2 is 1.14 bits per heavy atom. The van der Waals surface area contributed by atoms with Gasteiger partial charge < -0.3 is 19.2 Å².